The van der Waals surface area contributed by atoms with Crippen LogP contribution in [0.1, 0.15) is 111 Å². The molecular formula is C65H91FN8O19. The lowest BCUT2D eigenvalue weighted by molar-refractivity contribution is -0.172. The van der Waals surface area contributed by atoms with Crippen LogP contribution in [0.3, 0.4) is 0 Å². The molecule has 6 amide bonds. The molecule has 2 aliphatic heterocycles. The maximum Gasteiger partial charge on any atom is 0.407 e. The Kier molecular flexibility index (Phi) is 29.6. The fourth-order valence-electron chi connectivity index (χ4n) is 10.9. The summed E-state index contributed by atoms with van der Waals surface area (Å²) in [7, 11) is 0. The highest BCUT2D eigenvalue weighted by molar-refractivity contribution is 5.99. The first-order valence-corrected chi connectivity index (χ1v) is 31.9. The molecule has 2 aromatic carbocycles. The molecule has 0 fully saturated rings. The molecule has 3 aliphatic rings. The number of benzene rings is 2. The molecule has 0 saturated carbocycles. The topological polar surface area (TPSA) is 345 Å². The number of esters is 1. The number of anilines is 1. The number of primary amides is 1. The highest BCUT2D eigenvalue weighted by Crippen LogP contribution is 2.46. The Morgan fingerprint density at radius 2 is 1.33 bits per heavy atom. The van der Waals surface area contributed by atoms with Gasteiger partial charge in [0.15, 0.2) is 5.60 Å². The van der Waals surface area contributed by atoms with Crippen LogP contribution >= 0.6 is 0 Å². The van der Waals surface area contributed by atoms with E-state index in [9.17, 15) is 38.7 Å². The van der Waals surface area contributed by atoms with Crippen molar-refractivity contribution in [2.75, 3.05) is 131 Å². The minimum Gasteiger partial charge on any atom is -0.458 e. The first-order chi connectivity index (χ1) is 44.9. The van der Waals surface area contributed by atoms with Crippen molar-refractivity contribution < 1.29 is 90.4 Å². The number of rotatable bonds is 43. The Hall–Kier alpha value is -7.25. The summed E-state index contributed by atoms with van der Waals surface area (Å²) in [6, 6.07) is 5.90. The van der Waals surface area contributed by atoms with Crippen LogP contribution in [0.5, 0.6) is 0 Å². The second-order valence-electron chi connectivity index (χ2n) is 22.9. The van der Waals surface area contributed by atoms with Crippen LogP contribution in [-0.2, 0) is 103 Å². The zero-order valence-corrected chi connectivity index (χ0v) is 53.9. The molecule has 512 valence electrons. The number of amides is 6. The van der Waals surface area contributed by atoms with Crippen LogP contribution < -0.4 is 37.9 Å². The summed E-state index contributed by atoms with van der Waals surface area (Å²) in [5, 5.41) is 25.9. The number of aliphatic hydroxyl groups is 1. The maximum absolute atomic E-state index is 15.5. The van der Waals surface area contributed by atoms with E-state index in [2.05, 4.69) is 33.5 Å². The smallest absolute Gasteiger partial charge is 0.407 e. The number of nitrogens with zero attached hydrogens (tertiary/aromatic N) is 2. The average molecular weight is 1310 g/mol. The van der Waals surface area contributed by atoms with Gasteiger partial charge in [-0.3, -0.25) is 19.2 Å². The molecule has 93 heavy (non-hydrogen) atoms. The summed E-state index contributed by atoms with van der Waals surface area (Å²) in [5.41, 5.74) is 7.47. The fourth-order valence-corrected chi connectivity index (χ4v) is 10.9. The summed E-state index contributed by atoms with van der Waals surface area (Å²) in [4.78, 5) is 97.5. The summed E-state index contributed by atoms with van der Waals surface area (Å²) in [6.07, 6.45) is 1.30. The Morgan fingerprint density at radius 1 is 0.763 bits per heavy atom. The van der Waals surface area contributed by atoms with E-state index in [0.29, 0.717) is 156 Å². The van der Waals surface area contributed by atoms with E-state index < -0.39 is 70.9 Å². The quantitative estimate of drug-likeness (QED) is 0.0210. The molecule has 4 aromatic rings. The first-order valence-electron chi connectivity index (χ1n) is 31.9. The van der Waals surface area contributed by atoms with Gasteiger partial charge >= 0.3 is 18.1 Å². The minimum absolute atomic E-state index is 0.0400. The summed E-state index contributed by atoms with van der Waals surface area (Å²) < 4.78 is 77.4. The molecule has 0 radical (unpaired) electrons. The number of pyridine rings is 2. The molecule has 27 nitrogen and oxygen atoms in total. The standard InChI is InChI=1S/C65H91FN8O19/c1-6-18-83-20-22-85-24-26-87-28-30-89-32-34-91-35-33-90-31-29-88-27-25-86-23-21-84-19-16-54(75)73-57(41(3)4)60(77)71-51(9-8-17-68-63(67)80)59(76)69-44-12-10-43(11-13-44)39-93-64(81)72-50-15-14-45-42(5)49(66)37-52-55(45)56(50)46-38-74-53(58(46)70-52)36-48-47(61(74)78)40-92-62(79)65(48,82)7-2/h10-13,36-37,41,50-51,57,82H,6-9,14-35,38-40H2,1-5H3,(H,69,76)(H,71,77)(H,72,81)(H,73,75)(H3,67,68,80)/t50-,51-,57?,65-/m0/s1. The van der Waals surface area contributed by atoms with Gasteiger partial charge in [-0.05, 0) is 91.8 Å². The van der Waals surface area contributed by atoms with Crippen LogP contribution in [0.15, 0.2) is 41.2 Å². The van der Waals surface area contributed by atoms with Crippen molar-refractivity contribution in [1.29, 1.82) is 0 Å². The zero-order chi connectivity index (χ0) is 66.7. The van der Waals surface area contributed by atoms with E-state index in [1.165, 1.54) is 10.6 Å². The number of nitrogens with one attached hydrogen (secondary N) is 5. The summed E-state index contributed by atoms with van der Waals surface area (Å²) in [6.45, 7) is 16.3. The fraction of sp³-hybridized carbons (Fsp3) is 0.600. The number of ether oxygens (including phenoxy) is 11. The van der Waals surface area contributed by atoms with Crippen molar-refractivity contribution in [1.82, 2.24) is 30.8 Å². The van der Waals surface area contributed by atoms with Gasteiger partial charge < -0.3 is 94.1 Å². The number of urea groups is 1. The molecule has 1 unspecified atom stereocenters. The second kappa shape index (κ2) is 37.6. The molecule has 7 rings (SSSR count). The van der Waals surface area contributed by atoms with Gasteiger partial charge in [0.05, 0.1) is 147 Å². The Labute approximate surface area is 540 Å². The van der Waals surface area contributed by atoms with Crippen LogP contribution in [0.2, 0.25) is 0 Å². The third kappa shape index (κ3) is 21.1. The lowest BCUT2D eigenvalue weighted by Gasteiger charge is -2.31. The lowest BCUT2D eigenvalue weighted by atomic mass is 9.81. The molecule has 4 atom stereocenters. The van der Waals surface area contributed by atoms with Crippen LogP contribution in [-0.4, -0.2) is 188 Å². The van der Waals surface area contributed by atoms with E-state index in [4.69, 9.17) is 62.8 Å². The Bertz CT molecular complexity index is 3210. The van der Waals surface area contributed by atoms with Gasteiger partial charge in [0.25, 0.3) is 5.56 Å². The van der Waals surface area contributed by atoms with Gasteiger partial charge in [-0.15, -0.1) is 0 Å². The monoisotopic (exact) mass is 1310 g/mol. The van der Waals surface area contributed by atoms with Crippen molar-refractivity contribution in [2.24, 2.45) is 11.7 Å². The molecule has 0 bridgehead atoms. The van der Waals surface area contributed by atoms with Gasteiger partial charge in [0, 0.05) is 47.8 Å². The molecule has 2 aromatic heterocycles. The van der Waals surface area contributed by atoms with Crippen molar-refractivity contribution >= 4 is 52.4 Å². The number of fused-ring (bicyclic) bond motifs is 5. The number of aryl methyl sites for hydroxylation is 1. The number of hydrogen-bond donors (Lipinski definition) is 7. The third-order valence-electron chi connectivity index (χ3n) is 15.9. The summed E-state index contributed by atoms with van der Waals surface area (Å²) >= 11 is 0. The Morgan fingerprint density at radius 3 is 1.88 bits per heavy atom. The number of nitrogens with two attached hydrogens (primary N) is 1. The minimum atomic E-state index is -2.05. The van der Waals surface area contributed by atoms with E-state index in [1.54, 1.807) is 58.0 Å². The lowest BCUT2D eigenvalue weighted by Crippen LogP contribution is -2.54. The second-order valence-corrected chi connectivity index (χ2v) is 22.9. The highest BCUT2D eigenvalue weighted by Gasteiger charge is 2.46. The number of cyclic esters (lactones) is 1. The van der Waals surface area contributed by atoms with E-state index in [0.717, 1.165) is 18.6 Å². The zero-order valence-electron chi connectivity index (χ0n) is 53.9. The van der Waals surface area contributed by atoms with Crippen LogP contribution in [0.25, 0.3) is 22.3 Å². The first kappa shape index (κ1) is 73.2. The van der Waals surface area contributed by atoms with Crippen molar-refractivity contribution in [3.05, 3.63) is 91.5 Å². The molecule has 28 heteroatoms. The van der Waals surface area contributed by atoms with Crippen molar-refractivity contribution in [3.63, 3.8) is 0 Å². The summed E-state index contributed by atoms with van der Waals surface area (Å²) in [5.74, 6) is -3.30. The van der Waals surface area contributed by atoms with Gasteiger partial charge in [-0.2, -0.15) is 0 Å². The van der Waals surface area contributed by atoms with Gasteiger partial charge in [0.2, 0.25) is 17.7 Å². The van der Waals surface area contributed by atoms with Gasteiger partial charge in [-0.1, -0.05) is 39.8 Å². The van der Waals surface area contributed by atoms with E-state index in [-0.39, 0.29) is 88.9 Å². The van der Waals surface area contributed by atoms with E-state index >= 15 is 4.39 Å². The number of halogens is 1. The van der Waals surface area contributed by atoms with Gasteiger partial charge in [-0.25, -0.2) is 23.8 Å². The van der Waals surface area contributed by atoms with Crippen molar-refractivity contribution in [2.45, 2.75) is 123 Å². The van der Waals surface area contributed by atoms with Crippen molar-refractivity contribution in [3.8, 4) is 11.4 Å². The molecule has 0 spiro atoms. The number of carbonyl (C=O) groups is 6. The average Bonchev–Trinajstić information content (AvgIpc) is 1.63. The van der Waals surface area contributed by atoms with Crippen LogP contribution in [0.4, 0.5) is 19.7 Å². The van der Waals surface area contributed by atoms with Gasteiger partial charge in [0.1, 0.15) is 31.1 Å². The molecule has 0 saturated heterocycles. The molecular weight excluding hydrogens is 1220 g/mol. The normalized spacial score (nSPS) is 16.0. The number of alkyl carbamates (subject to hydrolysis) is 1. The molecule has 8 N–H and O–H groups in total. The number of aromatic nitrogens is 2. The number of hydrogen-bond acceptors (Lipinski definition) is 20. The Balaban J connectivity index is 0.797. The third-order valence-corrected chi connectivity index (χ3v) is 15.9. The SMILES string of the molecule is CCCOCCOCCOCCOCCOCCOCCOCCOCCOCCC(=O)NC(C(=O)N[C@@H](CCCNC(N)=O)C(=O)Nc1ccc(COC(=O)N[C@H]2CCc3c(C)c(F)cc4nc5c(c2c34)Cn2c-5cc3c(c2=O)COC(=O)[C@]3(O)CC)cc1)C(C)C. The van der Waals surface area contributed by atoms with E-state index in [1.807, 2.05) is 0 Å². The molecule has 4 heterocycles. The van der Waals surface area contributed by atoms with Crippen LogP contribution in [0, 0.1) is 18.7 Å². The predicted molar refractivity (Wildman–Crippen MR) is 336 cm³/mol. The maximum atomic E-state index is 15.5. The highest BCUT2D eigenvalue weighted by atomic mass is 19.1. The largest absolute Gasteiger partial charge is 0.458 e. The predicted octanol–water partition coefficient (Wildman–Crippen LogP) is 4.40. The molecule has 1 aliphatic carbocycles. The number of carbonyl (C=O) groups excluding carboxylic acids is 6.